The van der Waals surface area contributed by atoms with Crippen LogP contribution in [0, 0.1) is 6.92 Å². The molecule has 0 bridgehead atoms. The number of H-pyrrole nitrogens is 1. The molecule has 0 aliphatic carbocycles. The first kappa shape index (κ1) is 26.4. The van der Waals surface area contributed by atoms with E-state index in [4.69, 9.17) is 0 Å². The number of nitrogens with zero attached hydrogens (tertiary/aromatic N) is 1. The second-order valence-corrected chi connectivity index (χ2v) is 11.0. The Labute approximate surface area is 217 Å². The first-order valence-electron chi connectivity index (χ1n) is 12.4. The first-order valence-corrected chi connectivity index (χ1v) is 14.0. The van der Waals surface area contributed by atoms with Gasteiger partial charge in [-0.1, -0.05) is 44.2 Å². The number of anilines is 1. The summed E-state index contributed by atoms with van der Waals surface area (Å²) in [5.41, 5.74) is 3.92. The predicted molar refractivity (Wildman–Crippen MR) is 146 cm³/mol. The average Bonchev–Trinajstić information content (AvgIpc) is 3.40. The van der Waals surface area contributed by atoms with E-state index in [9.17, 15) is 18.0 Å². The molecule has 9 heteroatoms. The van der Waals surface area contributed by atoms with Gasteiger partial charge in [-0.2, -0.15) is 0 Å². The number of aromatic amines is 1. The molecule has 0 spiro atoms. The Hall–Kier alpha value is -3.69. The van der Waals surface area contributed by atoms with Gasteiger partial charge < -0.3 is 20.5 Å². The van der Waals surface area contributed by atoms with Crippen LogP contribution in [0.3, 0.4) is 0 Å². The van der Waals surface area contributed by atoms with Crippen LogP contribution >= 0.6 is 0 Å². The van der Waals surface area contributed by atoms with Crippen LogP contribution < -0.4 is 10.6 Å². The summed E-state index contributed by atoms with van der Waals surface area (Å²) in [5.74, 6) is -0.641. The van der Waals surface area contributed by atoms with Gasteiger partial charge in [-0.25, -0.2) is 8.42 Å². The molecule has 1 aliphatic rings. The molecule has 0 saturated heterocycles. The van der Waals surface area contributed by atoms with E-state index in [1.165, 1.54) is 12.1 Å². The summed E-state index contributed by atoms with van der Waals surface area (Å²) < 4.78 is 26.1. The van der Waals surface area contributed by atoms with Crippen molar-refractivity contribution in [1.29, 1.82) is 0 Å². The molecule has 3 N–H and O–H groups in total. The van der Waals surface area contributed by atoms with E-state index >= 15 is 0 Å². The Bertz CT molecular complexity index is 1440. The number of hydrogen-bond acceptors (Lipinski definition) is 5. The van der Waals surface area contributed by atoms with Gasteiger partial charge in [0.15, 0.2) is 9.84 Å². The Balaban J connectivity index is 1.57. The third kappa shape index (κ3) is 5.84. The first-order chi connectivity index (χ1) is 17.7. The largest absolute Gasteiger partial charge is 0.361 e. The van der Waals surface area contributed by atoms with Gasteiger partial charge in [0.05, 0.1) is 21.8 Å². The van der Waals surface area contributed by atoms with Crippen molar-refractivity contribution in [2.24, 2.45) is 0 Å². The molecule has 0 atom stereocenters. The van der Waals surface area contributed by atoms with E-state index in [2.05, 4.69) is 34.4 Å². The molecule has 4 rings (SSSR count). The van der Waals surface area contributed by atoms with Gasteiger partial charge in [0.1, 0.15) is 0 Å². The zero-order chi connectivity index (χ0) is 26.6. The molecule has 2 heterocycles. The Kier molecular flexibility index (Phi) is 7.94. The molecule has 2 amide bonds. The highest BCUT2D eigenvalue weighted by Crippen LogP contribution is 2.35. The number of rotatable bonds is 10. The lowest BCUT2D eigenvalue weighted by Gasteiger charge is -2.17. The highest BCUT2D eigenvalue weighted by Gasteiger charge is 2.27. The van der Waals surface area contributed by atoms with Crippen LogP contribution in [0.2, 0.25) is 0 Å². The van der Waals surface area contributed by atoms with Crippen LogP contribution in [-0.4, -0.2) is 56.3 Å². The van der Waals surface area contributed by atoms with E-state index in [0.717, 1.165) is 19.6 Å². The molecule has 1 aliphatic heterocycles. The minimum absolute atomic E-state index is 0.129. The second-order valence-electron chi connectivity index (χ2n) is 8.99. The maximum absolute atomic E-state index is 13.1. The summed E-state index contributed by atoms with van der Waals surface area (Å²) in [6, 6.07) is 13.6. The average molecular weight is 521 g/mol. The van der Waals surface area contributed by atoms with Crippen molar-refractivity contribution in [2.45, 2.75) is 31.4 Å². The standard InChI is InChI=1S/C28H32N4O4S/c1-4-32(5-2)14-13-29-27(33)24-17-30-26(19(24)3)16-23-22-15-21(11-12-25(22)31-28(23)34)37(35,36)18-20-9-7-6-8-10-20/h6-12,15-17,30H,4-5,13-14,18H2,1-3H3,(H,29,33)(H,31,34)/b23-16-. The zero-order valence-corrected chi connectivity index (χ0v) is 22.1. The van der Waals surface area contributed by atoms with Gasteiger partial charge in [-0.05, 0) is 55.4 Å². The van der Waals surface area contributed by atoms with E-state index in [-0.39, 0.29) is 22.5 Å². The third-order valence-electron chi connectivity index (χ3n) is 6.65. The van der Waals surface area contributed by atoms with Crippen LogP contribution in [0.5, 0.6) is 0 Å². The number of aromatic nitrogens is 1. The molecular weight excluding hydrogens is 488 g/mol. The molecule has 37 heavy (non-hydrogen) atoms. The normalized spacial score (nSPS) is 14.2. The van der Waals surface area contributed by atoms with Crippen LogP contribution in [0.4, 0.5) is 5.69 Å². The fourth-order valence-corrected chi connectivity index (χ4v) is 5.76. The molecule has 194 valence electrons. The van der Waals surface area contributed by atoms with Gasteiger partial charge in [0, 0.05) is 36.2 Å². The predicted octanol–water partition coefficient (Wildman–Crippen LogP) is 3.86. The maximum Gasteiger partial charge on any atom is 0.256 e. The van der Waals surface area contributed by atoms with Crippen LogP contribution in [-0.2, 0) is 20.4 Å². The minimum Gasteiger partial charge on any atom is -0.361 e. The summed E-state index contributed by atoms with van der Waals surface area (Å²) in [5, 5.41) is 5.74. The van der Waals surface area contributed by atoms with Gasteiger partial charge in [0.25, 0.3) is 11.8 Å². The number of fused-ring (bicyclic) bond motifs is 1. The second kappa shape index (κ2) is 11.1. The summed E-state index contributed by atoms with van der Waals surface area (Å²) >= 11 is 0. The molecule has 1 aromatic heterocycles. The van der Waals surface area contributed by atoms with E-state index < -0.39 is 9.84 Å². The van der Waals surface area contributed by atoms with Crippen molar-refractivity contribution < 1.29 is 18.0 Å². The smallest absolute Gasteiger partial charge is 0.256 e. The number of likely N-dealkylation sites (N-methyl/N-ethyl adjacent to an activating group) is 1. The van der Waals surface area contributed by atoms with Crippen LogP contribution in [0.25, 0.3) is 11.6 Å². The lowest BCUT2D eigenvalue weighted by molar-refractivity contribution is -0.110. The number of amides is 2. The molecule has 2 aromatic carbocycles. The summed E-state index contributed by atoms with van der Waals surface area (Å²) in [6.07, 6.45) is 3.29. The van der Waals surface area contributed by atoms with Gasteiger partial charge in [0.2, 0.25) is 0 Å². The van der Waals surface area contributed by atoms with Crippen LogP contribution in [0.15, 0.2) is 59.6 Å². The quantitative estimate of drug-likeness (QED) is 0.352. The van der Waals surface area contributed by atoms with Crippen molar-refractivity contribution in [1.82, 2.24) is 15.2 Å². The number of benzene rings is 2. The van der Waals surface area contributed by atoms with Gasteiger partial charge in [-0.15, -0.1) is 0 Å². The van der Waals surface area contributed by atoms with Crippen LogP contribution in [0.1, 0.15) is 46.6 Å². The molecule has 0 fully saturated rings. The molecule has 0 saturated carbocycles. The maximum atomic E-state index is 13.1. The van der Waals surface area contributed by atoms with E-state index in [0.29, 0.717) is 45.8 Å². The molecular formula is C28H32N4O4S. The Morgan fingerprint density at radius 1 is 1.08 bits per heavy atom. The number of hydrogen-bond donors (Lipinski definition) is 3. The van der Waals surface area contributed by atoms with Crippen molar-refractivity contribution in [3.8, 4) is 0 Å². The minimum atomic E-state index is -3.61. The van der Waals surface area contributed by atoms with E-state index in [1.807, 2.05) is 13.0 Å². The van der Waals surface area contributed by atoms with Gasteiger partial charge in [-0.3, -0.25) is 9.59 Å². The highest BCUT2D eigenvalue weighted by molar-refractivity contribution is 7.90. The summed E-state index contributed by atoms with van der Waals surface area (Å²) in [7, 11) is -3.61. The highest BCUT2D eigenvalue weighted by atomic mass is 32.2. The molecule has 0 radical (unpaired) electrons. The lowest BCUT2D eigenvalue weighted by atomic mass is 10.0. The van der Waals surface area contributed by atoms with E-state index in [1.54, 1.807) is 42.6 Å². The molecule has 3 aromatic rings. The van der Waals surface area contributed by atoms with Gasteiger partial charge >= 0.3 is 0 Å². The lowest BCUT2D eigenvalue weighted by Crippen LogP contribution is -2.34. The van der Waals surface area contributed by atoms with Crippen molar-refractivity contribution >= 4 is 39.0 Å². The number of sulfone groups is 1. The zero-order valence-electron chi connectivity index (χ0n) is 21.3. The number of carbonyl (C=O) groups is 2. The fraction of sp³-hybridized carbons (Fsp3) is 0.286. The SMILES string of the molecule is CCN(CC)CCNC(=O)c1c[nH]c(/C=C2\C(=O)Nc3ccc(S(=O)(=O)Cc4ccccc4)cc32)c1C. The third-order valence-corrected chi connectivity index (χ3v) is 8.34. The molecule has 0 unspecified atom stereocenters. The monoisotopic (exact) mass is 520 g/mol. The van der Waals surface area contributed by atoms with Crippen molar-refractivity contribution in [2.75, 3.05) is 31.5 Å². The Morgan fingerprint density at radius 3 is 2.51 bits per heavy atom. The summed E-state index contributed by atoms with van der Waals surface area (Å²) in [6.45, 7) is 9.14. The number of nitrogens with one attached hydrogen (secondary N) is 3. The summed E-state index contributed by atoms with van der Waals surface area (Å²) in [4.78, 5) is 31.0. The molecule has 8 nitrogen and oxygen atoms in total. The van der Waals surface area contributed by atoms with Crippen molar-refractivity contribution in [3.63, 3.8) is 0 Å². The van der Waals surface area contributed by atoms with Crippen molar-refractivity contribution in [3.05, 3.63) is 82.7 Å². The fourth-order valence-electron chi connectivity index (χ4n) is 4.39. The topological polar surface area (TPSA) is 111 Å². The Morgan fingerprint density at radius 2 is 1.81 bits per heavy atom. The number of carbonyl (C=O) groups excluding carboxylic acids is 2.